The molecule has 45 heavy (non-hydrogen) atoms. The fourth-order valence-corrected chi connectivity index (χ4v) is 6.27. The van der Waals surface area contributed by atoms with Crippen molar-refractivity contribution in [3.63, 3.8) is 0 Å². The number of fused-ring (bicyclic) bond motifs is 3. The third kappa shape index (κ3) is 7.04. The first kappa shape index (κ1) is 30.4. The zero-order valence-electron chi connectivity index (χ0n) is 23.9. The number of carbonyl (C=O) groups is 3. The summed E-state index contributed by atoms with van der Waals surface area (Å²) in [6.45, 7) is 0. The first-order valence-corrected chi connectivity index (χ1v) is 15.9. The molecule has 0 saturated carbocycles. The Morgan fingerprint density at radius 3 is 2.27 bits per heavy atom. The van der Waals surface area contributed by atoms with E-state index in [-0.39, 0.29) is 22.3 Å². The highest BCUT2D eigenvalue weighted by Gasteiger charge is 2.20. The van der Waals surface area contributed by atoms with E-state index in [1.54, 1.807) is 60.7 Å². The third-order valence-electron chi connectivity index (χ3n) is 7.41. The molecule has 0 spiro atoms. The van der Waals surface area contributed by atoms with E-state index in [2.05, 4.69) is 22.8 Å². The summed E-state index contributed by atoms with van der Waals surface area (Å²) in [4.78, 5) is 40.2. The van der Waals surface area contributed by atoms with Crippen LogP contribution in [-0.4, -0.2) is 23.4 Å². The van der Waals surface area contributed by atoms with Gasteiger partial charge in [0.05, 0.1) is 15.8 Å². The Hall–Kier alpha value is -4.62. The molecular weight excluding hydrogens is 623 g/mol. The molecule has 0 bridgehead atoms. The predicted molar refractivity (Wildman–Crippen MR) is 183 cm³/mol. The zero-order chi connectivity index (χ0) is 31.3. The predicted octanol–water partition coefficient (Wildman–Crippen LogP) is 8.95. The number of thioether (sulfide) groups is 1. The molecule has 0 unspecified atom stereocenters. The molecule has 222 valence electrons. The summed E-state index contributed by atoms with van der Waals surface area (Å²) < 4.78 is 0. The van der Waals surface area contributed by atoms with Crippen LogP contribution in [0, 0.1) is 0 Å². The first-order valence-electron chi connectivity index (χ1n) is 14.2. The van der Waals surface area contributed by atoms with Crippen LogP contribution in [0.1, 0.15) is 37.4 Å². The molecule has 2 N–H and O–H groups in total. The molecule has 0 heterocycles. The summed E-state index contributed by atoms with van der Waals surface area (Å²) in [5.41, 5.74) is 6.99. The van der Waals surface area contributed by atoms with Crippen LogP contribution < -0.4 is 10.6 Å². The summed E-state index contributed by atoms with van der Waals surface area (Å²) in [6.07, 6.45) is 2.32. The van der Waals surface area contributed by atoms with Gasteiger partial charge in [-0.1, -0.05) is 89.9 Å². The molecule has 6 rings (SSSR count). The number of ketones is 1. The van der Waals surface area contributed by atoms with Gasteiger partial charge in [-0.25, -0.2) is 0 Å². The van der Waals surface area contributed by atoms with Gasteiger partial charge in [0.1, 0.15) is 5.70 Å². The SMILES string of the molecule is O=C(Nc1ccc(SCC(=O)c2ccc3c(c2)Cc2ccccc2-3)cc1)/C(=C/c1cccc(Cl)c1Cl)NC(=O)c1ccccc1. The molecule has 0 aliphatic heterocycles. The number of Topliss-reactive ketones (excluding diaryl/α,β-unsaturated/α-hetero) is 1. The smallest absolute Gasteiger partial charge is 0.272 e. The lowest BCUT2D eigenvalue weighted by Crippen LogP contribution is -2.30. The molecule has 0 atom stereocenters. The van der Waals surface area contributed by atoms with Gasteiger partial charge < -0.3 is 10.6 Å². The Morgan fingerprint density at radius 2 is 1.47 bits per heavy atom. The van der Waals surface area contributed by atoms with E-state index in [4.69, 9.17) is 23.2 Å². The normalized spacial score (nSPS) is 11.8. The monoisotopic (exact) mass is 648 g/mol. The molecule has 1 aliphatic carbocycles. The fraction of sp³-hybridized carbons (Fsp3) is 0.0541. The molecule has 5 aromatic carbocycles. The highest BCUT2D eigenvalue weighted by atomic mass is 35.5. The van der Waals surface area contributed by atoms with Crippen molar-refractivity contribution in [2.75, 3.05) is 11.1 Å². The van der Waals surface area contributed by atoms with Crippen molar-refractivity contribution in [1.29, 1.82) is 0 Å². The molecule has 0 fully saturated rings. The molecule has 0 saturated heterocycles. The van der Waals surface area contributed by atoms with E-state index in [1.165, 1.54) is 40.1 Å². The number of anilines is 1. The van der Waals surface area contributed by atoms with Gasteiger partial charge in [0.25, 0.3) is 11.8 Å². The van der Waals surface area contributed by atoms with Gasteiger partial charge in [0.15, 0.2) is 5.78 Å². The second kappa shape index (κ2) is 13.6. The fourth-order valence-electron chi connectivity index (χ4n) is 5.11. The number of rotatable bonds is 9. The summed E-state index contributed by atoms with van der Waals surface area (Å²) in [5.74, 6) is -0.639. The van der Waals surface area contributed by atoms with E-state index >= 15 is 0 Å². The highest BCUT2D eigenvalue weighted by molar-refractivity contribution is 8.00. The summed E-state index contributed by atoms with van der Waals surface area (Å²) in [6, 6.07) is 35.1. The number of benzene rings is 5. The van der Waals surface area contributed by atoms with Gasteiger partial charge in [0, 0.05) is 21.7 Å². The van der Waals surface area contributed by atoms with Crippen LogP contribution in [0.3, 0.4) is 0 Å². The van der Waals surface area contributed by atoms with Crippen LogP contribution in [0.4, 0.5) is 5.69 Å². The number of halogens is 2. The summed E-state index contributed by atoms with van der Waals surface area (Å²) in [7, 11) is 0. The largest absolute Gasteiger partial charge is 0.321 e. The van der Waals surface area contributed by atoms with E-state index in [9.17, 15) is 14.4 Å². The van der Waals surface area contributed by atoms with Crippen molar-refractivity contribution in [2.24, 2.45) is 0 Å². The molecule has 1 aliphatic rings. The number of hydrogen-bond acceptors (Lipinski definition) is 4. The van der Waals surface area contributed by atoms with Crippen LogP contribution in [0.15, 0.2) is 126 Å². The maximum Gasteiger partial charge on any atom is 0.272 e. The number of nitrogens with one attached hydrogen (secondary N) is 2. The lowest BCUT2D eigenvalue weighted by atomic mass is 10.0. The minimum Gasteiger partial charge on any atom is -0.321 e. The van der Waals surface area contributed by atoms with Gasteiger partial charge in [-0.3, -0.25) is 14.4 Å². The maximum absolute atomic E-state index is 13.4. The second-order valence-corrected chi connectivity index (χ2v) is 12.3. The number of hydrogen-bond donors (Lipinski definition) is 2. The Balaban J connectivity index is 1.11. The van der Waals surface area contributed by atoms with Crippen LogP contribution in [0.2, 0.25) is 10.0 Å². The van der Waals surface area contributed by atoms with Gasteiger partial charge >= 0.3 is 0 Å². The number of amides is 2. The standard InChI is InChI=1S/C37H26Cl2N2O3S/c38-32-12-6-10-26(35(32)39)21-33(41-36(43)23-7-2-1-3-8-23)37(44)40-28-14-16-29(17-15-28)45-22-34(42)25-13-18-31-27(20-25)19-24-9-4-5-11-30(24)31/h1-18,20-21H,19,22H2,(H,40,44)(H,41,43)/b33-21-. The quantitative estimate of drug-likeness (QED) is 0.0932. The van der Waals surface area contributed by atoms with Crippen molar-refractivity contribution in [3.05, 3.63) is 159 Å². The number of carbonyl (C=O) groups excluding carboxylic acids is 3. The average molecular weight is 650 g/mol. The molecule has 0 aromatic heterocycles. The molecular formula is C37H26Cl2N2O3S. The lowest BCUT2D eigenvalue weighted by molar-refractivity contribution is -0.113. The molecule has 5 aromatic rings. The summed E-state index contributed by atoms with van der Waals surface area (Å²) >= 11 is 14.0. The van der Waals surface area contributed by atoms with Crippen LogP contribution in [-0.2, 0) is 11.2 Å². The van der Waals surface area contributed by atoms with E-state index in [1.807, 2.05) is 42.5 Å². The van der Waals surface area contributed by atoms with Crippen molar-refractivity contribution in [3.8, 4) is 11.1 Å². The van der Waals surface area contributed by atoms with E-state index in [0.717, 1.165) is 11.3 Å². The topological polar surface area (TPSA) is 75.3 Å². The Morgan fingerprint density at radius 1 is 0.733 bits per heavy atom. The zero-order valence-corrected chi connectivity index (χ0v) is 26.2. The van der Waals surface area contributed by atoms with Crippen LogP contribution >= 0.6 is 35.0 Å². The van der Waals surface area contributed by atoms with Crippen LogP contribution in [0.5, 0.6) is 0 Å². The van der Waals surface area contributed by atoms with Crippen molar-refractivity contribution >= 4 is 64.3 Å². The molecule has 0 radical (unpaired) electrons. The van der Waals surface area contributed by atoms with Gasteiger partial charge in [-0.05, 0) is 88.8 Å². The van der Waals surface area contributed by atoms with Crippen molar-refractivity contribution < 1.29 is 14.4 Å². The minimum atomic E-state index is -0.537. The molecule has 5 nitrogen and oxygen atoms in total. The van der Waals surface area contributed by atoms with Crippen LogP contribution in [0.25, 0.3) is 17.2 Å². The summed E-state index contributed by atoms with van der Waals surface area (Å²) in [5, 5.41) is 6.11. The Labute approximate surface area is 275 Å². The van der Waals surface area contributed by atoms with E-state index < -0.39 is 11.8 Å². The van der Waals surface area contributed by atoms with Gasteiger partial charge in [0.2, 0.25) is 0 Å². The van der Waals surface area contributed by atoms with Crippen molar-refractivity contribution in [1.82, 2.24) is 5.32 Å². The average Bonchev–Trinajstić information content (AvgIpc) is 3.44. The van der Waals surface area contributed by atoms with Gasteiger partial charge in [-0.2, -0.15) is 0 Å². The lowest BCUT2D eigenvalue weighted by Gasteiger charge is -2.12. The maximum atomic E-state index is 13.4. The molecule has 8 heteroatoms. The highest BCUT2D eigenvalue weighted by Crippen LogP contribution is 2.37. The second-order valence-electron chi connectivity index (χ2n) is 10.4. The van der Waals surface area contributed by atoms with Gasteiger partial charge in [-0.15, -0.1) is 11.8 Å². The Bertz CT molecular complexity index is 1960. The van der Waals surface area contributed by atoms with E-state index in [0.29, 0.717) is 27.4 Å². The first-order chi connectivity index (χ1) is 21.9. The molecule has 2 amide bonds. The third-order valence-corrected chi connectivity index (χ3v) is 9.25. The van der Waals surface area contributed by atoms with Crippen molar-refractivity contribution in [2.45, 2.75) is 11.3 Å². The Kier molecular flexibility index (Phi) is 9.17. The minimum absolute atomic E-state index is 0.00508.